The van der Waals surface area contributed by atoms with Gasteiger partial charge in [0.2, 0.25) is 0 Å². The van der Waals surface area contributed by atoms with Crippen molar-refractivity contribution in [1.29, 1.82) is 0 Å². The first-order chi connectivity index (χ1) is 19.1. The zero-order valence-electron chi connectivity index (χ0n) is 23.4. The van der Waals surface area contributed by atoms with Gasteiger partial charge >= 0.3 is 12.1 Å². The molecule has 1 atom stereocenters. The molecule has 8 heteroatoms. The summed E-state index contributed by atoms with van der Waals surface area (Å²) in [4.78, 5) is 40.9. The van der Waals surface area contributed by atoms with Gasteiger partial charge in [0.1, 0.15) is 18.4 Å². The molecular weight excluding hydrogens is 508 g/mol. The zero-order valence-corrected chi connectivity index (χ0v) is 23.4. The van der Waals surface area contributed by atoms with Crippen molar-refractivity contribution < 1.29 is 29.3 Å². The Morgan fingerprint density at radius 3 is 2.25 bits per heavy atom. The van der Waals surface area contributed by atoms with Gasteiger partial charge in [-0.05, 0) is 53.9 Å². The van der Waals surface area contributed by atoms with Gasteiger partial charge in [0.25, 0.3) is 0 Å². The van der Waals surface area contributed by atoms with Gasteiger partial charge in [0.05, 0.1) is 11.3 Å². The Labute approximate surface area is 235 Å². The van der Waals surface area contributed by atoms with Gasteiger partial charge < -0.3 is 20.3 Å². The predicted molar refractivity (Wildman–Crippen MR) is 154 cm³/mol. The van der Waals surface area contributed by atoms with Crippen LogP contribution in [0, 0.1) is 5.41 Å². The van der Waals surface area contributed by atoms with Crippen LogP contribution < -0.4 is 5.32 Å². The normalized spacial score (nSPS) is 17.3. The number of aliphatic hydroxyl groups is 1. The molecule has 0 unspecified atom stereocenters. The average Bonchev–Trinajstić information content (AvgIpc) is 3.21. The Hall–Kier alpha value is -3.94. The zero-order chi connectivity index (χ0) is 28.9. The Morgan fingerprint density at radius 1 is 1.02 bits per heavy atom. The van der Waals surface area contributed by atoms with E-state index in [0.29, 0.717) is 37.9 Å². The van der Waals surface area contributed by atoms with Crippen LogP contribution in [0.1, 0.15) is 76.3 Å². The number of carbonyl (C=O) groups excluding carboxylic acids is 2. The largest absolute Gasteiger partial charge is 0.511 e. The highest BCUT2D eigenvalue weighted by atomic mass is 16.5. The van der Waals surface area contributed by atoms with Crippen LogP contribution in [0.2, 0.25) is 0 Å². The van der Waals surface area contributed by atoms with Crippen LogP contribution in [0.4, 0.5) is 4.79 Å². The second kappa shape index (κ2) is 12.5. The number of carbonyl (C=O) groups is 3. The van der Waals surface area contributed by atoms with Crippen LogP contribution in [-0.2, 0) is 14.3 Å². The summed E-state index contributed by atoms with van der Waals surface area (Å²) in [5, 5.41) is 22.7. The summed E-state index contributed by atoms with van der Waals surface area (Å²) >= 11 is 0. The van der Waals surface area contributed by atoms with E-state index in [1.54, 1.807) is 0 Å². The lowest BCUT2D eigenvalue weighted by Gasteiger charge is -2.30. The molecule has 0 heterocycles. The van der Waals surface area contributed by atoms with Gasteiger partial charge in [-0.25, -0.2) is 9.59 Å². The number of aliphatic carboxylic acids is 1. The number of fused-ring (bicyclic) bond motifs is 3. The highest BCUT2D eigenvalue weighted by Crippen LogP contribution is 2.44. The molecule has 0 radical (unpaired) electrons. The SMILES string of the molecule is C[C@H](N=C(CCCCCNC(=O)OCC1c2ccccc2-c2ccccc21)C1=C(O)CC(C)(C)CC1=O)C(=O)O. The second-order valence-electron chi connectivity index (χ2n) is 11.4. The second-order valence-corrected chi connectivity index (χ2v) is 11.4. The maximum Gasteiger partial charge on any atom is 0.407 e. The highest BCUT2D eigenvalue weighted by molar-refractivity contribution is 6.23. The number of ketones is 1. The van der Waals surface area contributed by atoms with Crippen LogP contribution in [0.25, 0.3) is 11.1 Å². The number of aliphatic hydroxyl groups excluding tert-OH is 1. The molecule has 2 aliphatic rings. The van der Waals surface area contributed by atoms with Crippen LogP contribution in [-0.4, -0.2) is 53.0 Å². The molecular formula is C32H38N2O6. The Bertz CT molecular complexity index is 1300. The van der Waals surface area contributed by atoms with Gasteiger partial charge in [0.15, 0.2) is 5.78 Å². The third-order valence-corrected chi connectivity index (χ3v) is 7.55. The predicted octanol–water partition coefficient (Wildman–Crippen LogP) is 6.20. The summed E-state index contributed by atoms with van der Waals surface area (Å²) in [6, 6.07) is 15.3. The monoisotopic (exact) mass is 546 g/mol. The summed E-state index contributed by atoms with van der Waals surface area (Å²) in [6.45, 7) is 5.96. The number of Topliss-reactive ketones (excluding diaryl/α,β-unsaturated/α-hetero) is 1. The number of amides is 1. The summed E-state index contributed by atoms with van der Waals surface area (Å²) < 4.78 is 5.57. The molecule has 2 aromatic rings. The minimum Gasteiger partial charge on any atom is -0.511 e. The Morgan fingerprint density at radius 2 is 1.65 bits per heavy atom. The van der Waals surface area contributed by atoms with Gasteiger partial charge in [-0.3, -0.25) is 9.79 Å². The van der Waals surface area contributed by atoms with Crippen molar-refractivity contribution in [1.82, 2.24) is 5.32 Å². The fourth-order valence-corrected chi connectivity index (χ4v) is 5.59. The van der Waals surface area contributed by atoms with Crippen molar-refractivity contribution in [2.24, 2.45) is 10.4 Å². The summed E-state index contributed by atoms with van der Waals surface area (Å²) in [7, 11) is 0. The number of aliphatic imine (C=N–C) groups is 1. The van der Waals surface area contributed by atoms with E-state index in [2.05, 4.69) is 34.6 Å². The lowest BCUT2D eigenvalue weighted by Crippen LogP contribution is -2.30. The van der Waals surface area contributed by atoms with Gasteiger partial charge in [-0.2, -0.15) is 0 Å². The molecule has 3 N–H and O–H groups in total. The summed E-state index contributed by atoms with van der Waals surface area (Å²) in [5.74, 6) is -1.31. The van der Waals surface area contributed by atoms with Crippen LogP contribution in [0.15, 0.2) is 64.9 Å². The Kier molecular flexibility index (Phi) is 9.07. The van der Waals surface area contributed by atoms with E-state index in [1.807, 2.05) is 38.1 Å². The number of hydrogen-bond acceptors (Lipinski definition) is 6. The van der Waals surface area contributed by atoms with E-state index < -0.39 is 18.1 Å². The molecule has 2 aliphatic carbocycles. The van der Waals surface area contributed by atoms with Crippen molar-refractivity contribution in [3.8, 4) is 11.1 Å². The van der Waals surface area contributed by atoms with Crippen molar-refractivity contribution in [3.05, 3.63) is 71.0 Å². The van der Waals surface area contributed by atoms with Crippen LogP contribution in [0.3, 0.4) is 0 Å². The maximum atomic E-state index is 12.8. The number of nitrogens with zero attached hydrogens (tertiary/aromatic N) is 1. The maximum absolute atomic E-state index is 12.8. The number of carboxylic acid groups (broad SMARTS) is 1. The number of hydrogen-bond donors (Lipinski definition) is 3. The fraction of sp³-hybridized carbons (Fsp3) is 0.438. The van der Waals surface area contributed by atoms with Crippen molar-refractivity contribution in [2.75, 3.05) is 13.2 Å². The van der Waals surface area contributed by atoms with E-state index in [9.17, 15) is 24.6 Å². The van der Waals surface area contributed by atoms with Gasteiger partial charge in [-0.15, -0.1) is 0 Å². The van der Waals surface area contributed by atoms with E-state index in [4.69, 9.17) is 4.74 Å². The number of ether oxygens (including phenoxy) is 1. The minimum atomic E-state index is -1.09. The van der Waals surface area contributed by atoms with Gasteiger partial charge in [0, 0.05) is 25.3 Å². The molecule has 0 fully saturated rings. The molecule has 0 saturated carbocycles. The first kappa shape index (κ1) is 29.1. The van der Waals surface area contributed by atoms with Crippen LogP contribution >= 0.6 is 0 Å². The molecule has 0 spiro atoms. The topological polar surface area (TPSA) is 125 Å². The third kappa shape index (κ3) is 6.79. The third-order valence-electron chi connectivity index (χ3n) is 7.55. The molecule has 212 valence electrons. The number of unbranched alkanes of at least 4 members (excludes halogenated alkanes) is 2. The average molecular weight is 547 g/mol. The number of benzene rings is 2. The fourth-order valence-electron chi connectivity index (χ4n) is 5.59. The lowest BCUT2D eigenvalue weighted by molar-refractivity contribution is -0.138. The minimum absolute atomic E-state index is 0.00263. The number of nitrogens with one attached hydrogen (secondary N) is 1. The van der Waals surface area contributed by atoms with E-state index in [-0.39, 0.29) is 41.5 Å². The van der Waals surface area contributed by atoms with Crippen molar-refractivity contribution in [2.45, 2.75) is 71.3 Å². The first-order valence-corrected chi connectivity index (χ1v) is 13.9. The molecule has 0 aromatic heterocycles. The van der Waals surface area contributed by atoms with E-state index in [1.165, 1.54) is 18.1 Å². The van der Waals surface area contributed by atoms with E-state index >= 15 is 0 Å². The first-order valence-electron chi connectivity index (χ1n) is 13.9. The Balaban J connectivity index is 1.25. The molecule has 0 bridgehead atoms. The number of alkyl carbamates (subject to hydrolysis) is 1. The summed E-state index contributed by atoms with van der Waals surface area (Å²) in [5.41, 5.74) is 4.84. The molecule has 0 aliphatic heterocycles. The van der Waals surface area contributed by atoms with Gasteiger partial charge in [-0.1, -0.05) is 68.8 Å². The lowest BCUT2D eigenvalue weighted by atomic mass is 9.75. The number of carboxylic acids is 1. The molecule has 2 aromatic carbocycles. The van der Waals surface area contributed by atoms with Crippen molar-refractivity contribution >= 4 is 23.6 Å². The number of rotatable bonds is 11. The van der Waals surface area contributed by atoms with Crippen LogP contribution in [0.5, 0.6) is 0 Å². The highest BCUT2D eigenvalue weighted by Gasteiger charge is 2.35. The smallest absolute Gasteiger partial charge is 0.407 e. The quantitative estimate of drug-likeness (QED) is 0.228. The summed E-state index contributed by atoms with van der Waals surface area (Å²) in [6.07, 6.45) is 2.55. The molecule has 0 saturated heterocycles. The molecule has 1 amide bonds. The molecule has 40 heavy (non-hydrogen) atoms. The number of allylic oxidation sites excluding steroid dienone is 2. The molecule has 4 rings (SSSR count). The molecule has 8 nitrogen and oxygen atoms in total. The van der Waals surface area contributed by atoms with E-state index in [0.717, 1.165) is 17.5 Å². The standard InChI is InChI=1S/C32H38N2O6/c1-20(30(37)38)34-26(29-27(35)17-32(2,3)18-28(29)36)15-5-4-10-16-33-31(39)40-19-25-23-13-8-6-11-21(23)22-12-7-9-14-24(22)25/h6-9,11-14,20,25,35H,4-5,10,15-19H2,1-3H3,(H,33,39)(H,37,38)/t20-/m0/s1. The van der Waals surface area contributed by atoms with Crippen molar-refractivity contribution in [3.63, 3.8) is 0 Å².